The topological polar surface area (TPSA) is 36.4 Å². The fourth-order valence-electron chi connectivity index (χ4n) is 3.21. The molecule has 3 rings (SSSR count). The molecule has 1 aromatic carbocycles. The van der Waals surface area contributed by atoms with E-state index in [-0.39, 0.29) is 12.6 Å². The predicted molar refractivity (Wildman–Crippen MR) is 83.2 cm³/mol. The van der Waals surface area contributed by atoms with E-state index >= 15 is 0 Å². The Hall–Kier alpha value is -1.61. The lowest BCUT2D eigenvalue weighted by molar-refractivity contribution is 0.255. The summed E-state index contributed by atoms with van der Waals surface area (Å²) in [5.41, 5.74) is 3.32. The molecule has 1 aliphatic rings. The van der Waals surface area contributed by atoms with Crippen molar-refractivity contribution in [3.63, 3.8) is 0 Å². The van der Waals surface area contributed by atoms with Crippen LogP contribution in [0.1, 0.15) is 31.4 Å². The number of anilines is 1. The number of rotatable bonds is 2. The fourth-order valence-corrected chi connectivity index (χ4v) is 3.21. The van der Waals surface area contributed by atoms with Crippen LogP contribution in [0.3, 0.4) is 0 Å². The quantitative estimate of drug-likeness (QED) is 0.909. The molecule has 0 aliphatic carbocycles. The van der Waals surface area contributed by atoms with Crippen LogP contribution in [-0.2, 0) is 0 Å². The second-order valence-corrected chi connectivity index (χ2v) is 5.68. The van der Waals surface area contributed by atoms with E-state index < -0.39 is 0 Å². The van der Waals surface area contributed by atoms with Crippen LogP contribution in [-0.4, -0.2) is 29.3 Å². The van der Waals surface area contributed by atoms with E-state index in [0.29, 0.717) is 0 Å². The van der Waals surface area contributed by atoms with Gasteiger partial charge >= 0.3 is 0 Å². The minimum atomic E-state index is 0.232. The van der Waals surface area contributed by atoms with Crippen LogP contribution in [0.2, 0.25) is 0 Å². The number of aryl methyl sites for hydroxylation is 1. The van der Waals surface area contributed by atoms with E-state index in [2.05, 4.69) is 34.1 Å². The normalized spacial score (nSPS) is 20.1. The molecule has 1 aromatic heterocycles. The van der Waals surface area contributed by atoms with Gasteiger partial charge in [-0.15, -0.1) is 0 Å². The van der Waals surface area contributed by atoms with Crippen LogP contribution in [0.4, 0.5) is 5.69 Å². The Morgan fingerprint density at radius 2 is 2.10 bits per heavy atom. The number of aliphatic hydroxyl groups excluding tert-OH is 1. The highest BCUT2D eigenvalue weighted by atomic mass is 16.3. The third-order valence-electron chi connectivity index (χ3n) is 4.22. The van der Waals surface area contributed by atoms with Crippen LogP contribution in [0.25, 0.3) is 10.9 Å². The smallest absolute Gasteiger partial charge is 0.0726 e. The Balaban J connectivity index is 2.11. The molecule has 0 spiro atoms. The molecule has 1 unspecified atom stereocenters. The Labute approximate surface area is 120 Å². The van der Waals surface area contributed by atoms with Gasteiger partial charge in [-0.25, -0.2) is 0 Å². The number of hydrogen-bond donors (Lipinski definition) is 1. The summed E-state index contributed by atoms with van der Waals surface area (Å²) in [7, 11) is 0. The highest BCUT2D eigenvalue weighted by molar-refractivity contribution is 5.92. The number of nitrogens with zero attached hydrogens (tertiary/aromatic N) is 2. The Morgan fingerprint density at radius 1 is 1.25 bits per heavy atom. The van der Waals surface area contributed by atoms with Gasteiger partial charge in [-0.1, -0.05) is 31.0 Å². The van der Waals surface area contributed by atoms with Crippen molar-refractivity contribution in [2.24, 2.45) is 0 Å². The summed E-state index contributed by atoms with van der Waals surface area (Å²) in [6.45, 7) is 3.30. The molecular weight excluding hydrogens is 248 g/mol. The van der Waals surface area contributed by atoms with Gasteiger partial charge in [0.15, 0.2) is 0 Å². The van der Waals surface area contributed by atoms with E-state index in [0.717, 1.165) is 24.2 Å². The van der Waals surface area contributed by atoms with Crippen LogP contribution in [0, 0.1) is 6.92 Å². The first-order valence-electron chi connectivity index (χ1n) is 7.53. The molecule has 0 radical (unpaired) electrons. The van der Waals surface area contributed by atoms with Crippen molar-refractivity contribution in [1.29, 1.82) is 0 Å². The lowest BCUT2D eigenvalue weighted by atomic mass is 10.1. The van der Waals surface area contributed by atoms with E-state index in [4.69, 9.17) is 0 Å². The summed E-state index contributed by atoms with van der Waals surface area (Å²) in [5.74, 6) is 0. The van der Waals surface area contributed by atoms with Crippen molar-refractivity contribution in [2.75, 3.05) is 18.1 Å². The van der Waals surface area contributed by atoms with Crippen LogP contribution < -0.4 is 4.90 Å². The van der Waals surface area contributed by atoms with Crippen molar-refractivity contribution in [1.82, 2.24) is 4.98 Å². The zero-order chi connectivity index (χ0) is 13.9. The predicted octanol–water partition coefficient (Wildman–Crippen LogP) is 3.28. The molecule has 2 aromatic rings. The molecule has 20 heavy (non-hydrogen) atoms. The number of aromatic nitrogens is 1. The zero-order valence-electron chi connectivity index (χ0n) is 12.0. The summed E-state index contributed by atoms with van der Waals surface area (Å²) in [5, 5.41) is 10.9. The average Bonchev–Trinajstić information content (AvgIpc) is 2.71. The van der Waals surface area contributed by atoms with Crippen LogP contribution in [0.5, 0.6) is 0 Å². The van der Waals surface area contributed by atoms with E-state index in [1.807, 2.05) is 13.0 Å². The Bertz CT molecular complexity index is 597. The molecular formula is C17H22N2O. The van der Waals surface area contributed by atoms with Crippen molar-refractivity contribution in [2.45, 2.75) is 38.6 Å². The molecule has 1 N–H and O–H groups in total. The van der Waals surface area contributed by atoms with Crippen molar-refractivity contribution >= 4 is 16.6 Å². The lowest BCUT2D eigenvalue weighted by Crippen LogP contribution is -2.37. The third-order valence-corrected chi connectivity index (χ3v) is 4.22. The summed E-state index contributed by atoms with van der Waals surface area (Å²) in [6, 6.07) is 10.7. The van der Waals surface area contributed by atoms with Gasteiger partial charge in [0.05, 0.1) is 18.2 Å². The monoisotopic (exact) mass is 270 g/mol. The highest BCUT2D eigenvalue weighted by Crippen LogP contribution is 2.31. The van der Waals surface area contributed by atoms with Gasteiger partial charge in [0.2, 0.25) is 0 Å². The standard InChI is InChI=1S/C17H22N2O/c1-13-11-17(15-8-4-5-9-16(15)18-13)19-10-6-2-3-7-14(19)12-20/h4-5,8-9,11,14,20H,2-3,6-7,10,12H2,1H3. The first-order chi connectivity index (χ1) is 9.79. The lowest BCUT2D eigenvalue weighted by Gasteiger charge is -2.32. The fraction of sp³-hybridized carbons (Fsp3) is 0.471. The highest BCUT2D eigenvalue weighted by Gasteiger charge is 2.22. The molecule has 1 atom stereocenters. The van der Waals surface area contributed by atoms with Gasteiger partial charge in [-0.2, -0.15) is 0 Å². The number of para-hydroxylation sites is 1. The molecule has 106 valence electrons. The first kappa shape index (κ1) is 13.4. The van der Waals surface area contributed by atoms with Gasteiger partial charge in [0, 0.05) is 23.3 Å². The van der Waals surface area contributed by atoms with Crippen molar-refractivity contribution in [3.05, 3.63) is 36.0 Å². The molecule has 3 heteroatoms. The molecule has 2 heterocycles. The Morgan fingerprint density at radius 3 is 2.95 bits per heavy atom. The number of hydrogen-bond acceptors (Lipinski definition) is 3. The second kappa shape index (κ2) is 5.80. The minimum absolute atomic E-state index is 0.232. The Kier molecular flexibility index (Phi) is 3.88. The van der Waals surface area contributed by atoms with Crippen molar-refractivity contribution in [3.8, 4) is 0 Å². The molecule has 1 aliphatic heterocycles. The second-order valence-electron chi connectivity index (χ2n) is 5.68. The van der Waals surface area contributed by atoms with E-state index in [1.165, 1.54) is 30.3 Å². The van der Waals surface area contributed by atoms with Gasteiger partial charge in [0.25, 0.3) is 0 Å². The van der Waals surface area contributed by atoms with Gasteiger partial charge < -0.3 is 10.0 Å². The van der Waals surface area contributed by atoms with Gasteiger partial charge in [0.1, 0.15) is 0 Å². The minimum Gasteiger partial charge on any atom is -0.394 e. The summed E-state index contributed by atoms with van der Waals surface area (Å²) < 4.78 is 0. The molecule has 1 fully saturated rings. The summed E-state index contributed by atoms with van der Waals surface area (Å²) >= 11 is 0. The number of fused-ring (bicyclic) bond motifs is 1. The zero-order valence-corrected chi connectivity index (χ0v) is 12.0. The van der Waals surface area contributed by atoms with E-state index in [1.54, 1.807) is 0 Å². The molecule has 1 saturated heterocycles. The summed E-state index contributed by atoms with van der Waals surface area (Å²) in [6.07, 6.45) is 4.75. The maximum Gasteiger partial charge on any atom is 0.0726 e. The number of benzene rings is 1. The molecule has 0 saturated carbocycles. The maximum absolute atomic E-state index is 9.73. The third kappa shape index (κ3) is 2.50. The SMILES string of the molecule is Cc1cc(N2CCCCCC2CO)c2ccccc2n1. The average molecular weight is 270 g/mol. The summed E-state index contributed by atoms with van der Waals surface area (Å²) in [4.78, 5) is 7.01. The molecule has 0 amide bonds. The van der Waals surface area contributed by atoms with Crippen LogP contribution >= 0.6 is 0 Å². The van der Waals surface area contributed by atoms with Crippen LogP contribution in [0.15, 0.2) is 30.3 Å². The van der Waals surface area contributed by atoms with Gasteiger partial charge in [-0.3, -0.25) is 4.98 Å². The first-order valence-corrected chi connectivity index (χ1v) is 7.53. The molecule has 3 nitrogen and oxygen atoms in total. The largest absolute Gasteiger partial charge is 0.394 e. The van der Waals surface area contributed by atoms with E-state index in [9.17, 15) is 5.11 Å². The van der Waals surface area contributed by atoms with Crippen molar-refractivity contribution < 1.29 is 5.11 Å². The van der Waals surface area contributed by atoms with Gasteiger partial charge in [-0.05, 0) is 31.9 Å². The number of aliphatic hydroxyl groups is 1. The maximum atomic E-state index is 9.73. The number of pyridine rings is 1. The molecule has 0 bridgehead atoms.